The molecule has 0 saturated heterocycles. The van der Waals surface area contributed by atoms with Crippen molar-refractivity contribution in [2.24, 2.45) is 5.92 Å². The van der Waals surface area contributed by atoms with Gasteiger partial charge in [0.05, 0.1) is 12.6 Å². The number of amides is 2. The Labute approximate surface area is 127 Å². The monoisotopic (exact) mass is 318 g/mol. The van der Waals surface area contributed by atoms with Gasteiger partial charge in [0.15, 0.2) is 17.5 Å². The van der Waals surface area contributed by atoms with Crippen LogP contribution in [0.5, 0.6) is 0 Å². The molecule has 3 atom stereocenters. The normalized spacial score (nSPS) is 15.0. The molecule has 0 radical (unpaired) electrons. The number of benzene rings is 1. The third-order valence-electron chi connectivity index (χ3n) is 3.75. The molecule has 0 aliphatic heterocycles. The maximum Gasteiger partial charge on any atom is 0.315 e. The van der Waals surface area contributed by atoms with Gasteiger partial charge in [-0.15, -0.1) is 0 Å². The third-order valence-corrected chi connectivity index (χ3v) is 3.75. The number of aliphatic hydroxyl groups is 1. The lowest BCUT2D eigenvalue weighted by Crippen LogP contribution is -2.45. The average molecular weight is 318 g/mol. The molecule has 0 fully saturated rings. The van der Waals surface area contributed by atoms with Crippen molar-refractivity contribution in [2.45, 2.75) is 39.3 Å². The van der Waals surface area contributed by atoms with Crippen LogP contribution in [0.1, 0.15) is 38.8 Å². The average Bonchev–Trinajstić information content (AvgIpc) is 2.48. The van der Waals surface area contributed by atoms with Gasteiger partial charge in [-0.25, -0.2) is 18.0 Å². The van der Waals surface area contributed by atoms with Crippen LogP contribution in [0, 0.1) is 23.4 Å². The highest BCUT2D eigenvalue weighted by molar-refractivity contribution is 5.74. The first-order chi connectivity index (χ1) is 10.3. The molecule has 0 aliphatic rings. The summed E-state index contributed by atoms with van der Waals surface area (Å²) in [5.74, 6) is -4.08. The van der Waals surface area contributed by atoms with E-state index in [-0.39, 0.29) is 17.5 Å². The SMILES string of the molecule is CCC(C)C(C)NC(=O)NC(CO)c1cc(F)c(F)c(F)c1. The van der Waals surface area contributed by atoms with E-state index in [1.54, 1.807) is 0 Å². The predicted octanol–water partition coefficient (Wildman–Crippen LogP) is 2.87. The number of hydrogen-bond donors (Lipinski definition) is 3. The van der Waals surface area contributed by atoms with Crippen LogP contribution in [0.25, 0.3) is 0 Å². The lowest BCUT2D eigenvalue weighted by Gasteiger charge is -2.23. The van der Waals surface area contributed by atoms with Crippen molar-refractivity contribution >= 4 is 6.03 Å². The Morgan fingerprint density at radius 2 is 1.73 bits per heavy atom. The Morgan fingerprint density at radius 1 is 1.18 bits per heavy atom. The second-order valence-electron chi connectivity index (χ2n) is 5.33. The van der Waals surface area contributed by atoms with E-state index in [2.05, 4.69) is 10.6 Å². The van der Waals surface area contributed by atoms with E-state index in [4.69, 9.17) is 0 Å². The molecule has 0 saturated carbocycles. The van der Waals surface area contributed by atoms with E-state index in [0.717, 1.165) is 18.6 Å². The first-order valence-electron chi connectivity index (χ1n) is 7.12. The summed E-state index contributed by atoms with van der Waals surface area (Å²) >= 11 is 0. The summed E-state index contributed by atoms with van der Waals surface area (Å²) in [5.41, 5.74) is -0.0507. The zero-order valence-electron chi connectivity index (χ0n) is 12.8. The molecule has 4 nitrogen and oxygen atoms in total. The molecular formula is C15H21F3N2O2. The van der Waals surface area contributed by atoms with Crippen molar-refractivity contribution in [2.75, 3.05) is 6.61 Å². The van der Waals surface area contributed by atoms with Crippen LogP contribution in [0.4, 0.5) is 18.0 Å². The molecule has 1 rings (SSSR count). The highest BCUT2D eigenvalue weighted by Gasteiger charge is 2.20. The Bertz CT molecular complexity index is 503. The Kier molecular flexibility index (Phi) is 6.67. The molecule has 0 heterocycles. The van der Waals surface area contributed by atoms with Crippen LogP contribution in [-0.4, -0.2) is 23.8 Å². The van der Waals surface area contributed by atoms with Gasteiger partial charge in [-0.05, 0) is 30.5 Å². The number of carbonyl (C=O) groups excluding carboxylic acids is 1. The third kappa shape index (κ3) is 4.62. The molecule has 3 N–H and O–H groups in total. The number of halogens is 3. The lowest BCUT2D eigenvalue weighted by atomic mass is 10.0. The molecule has 0 spiro atoms. The molecule has 1 aromatic rings. The molecule has 3 unspecified atom stereocenters. The molecule has 7 heteroatoms. The number of aliphatic hydroxyl groups excluding tert-OH is 1. The van der Waals surface area contributed by atoms with Crippen molar-refractivity contribution in [3.05, 3.63) is 35.1 Å². The summed E-state index contributed by atoms with van der Waals surface area (Å²) in [6, 6.07) is -0.216. The second-order valence-corrected chi connectivity index (χ2v) is 5.33. The first kappa shape index (κ1) is 18.3. The van der Waals surface area contributed by atoms with Crippen molar-refractivity contribution in [1.82, 2.24) is 10.6 Å². The Hall–Kier alpha value is -1.76. The van der Waals surface area contributed by atoms with Gasteiger partial charge >= 0.3 is 6.03 Å². The van der Waals surface area contributed by atoms with Crippen LogP contribution in [0.15, 0.2) is 12.1 Å². The summed E-state index contributed by atoms with van der Waals surface area (Å²) in [6.45, 7) is 5.22. The number of urea groups is 1. The summed E-state index contributed by atoms with van der Waals surface area (Å²) in [6.07, 6.45) is 0.874. The van der Waals surface area contributed by atoms with Gasteiger partial charge < -0.3 is 15.7 Å². The molecular weight excluding hydrogens is 297 g/mol. The van der Waals surface area contributed by atoms with Gasteiger partial charge in [-0.2, -0.15) is 0 Å². The smallest absolute Gasteiger partial charge is 0.315 e. The van der Waals surface area contributed by atoms with Gasteiger partial charge in [-0.1, -0.05) is 20.3 Å². The summed E-state index contributed by atoms with van der Waals surface area (Å²) in [7, 11) is 0. The Morgan fingerprint density at radius 3 is 2.18 bits per heavy atom. The summed E-state index contributed by atoms with van der Waals surface area (Å²) in [5, 5.41) is 14.4. The molecule has 0 aromatic heterocycles. The largest absolute Gasteiger partial charge is 0.394 e. The van der Waals surface area contributed by atoms with Gasteiger partial charge in [-0.3, -0.25) is 0 Å². The maximum atomic E-state index is 13.2. The number of nitrogens with one attached hydrogen (secondary N) is 2. The quantitative estimate of drug-likeness (QED) is 0.706. The van der Waals surface area contributed by atoms with E-state index in [0.29, 0.717) is 0 Å². The molecule has 0 bridgehead atoms. The first-order valence-corrected chi connectivity index (χ1v) is 7.12. The second kappa shape index (κ2) is 8.03. The van der Waals surface area contributed by atoms with Gasteiger partial charge in [0, 0.05) is 6.04 Å². The van der Waals surface area contributed by atoms with E-state index in [1.165, 1.54) is 0 Å². The van der Waals surface area contributed by atoms with Crippen LogP contribution in [0.3, 0.4) is 0 Å². The number of rotatable bonds is 6. The fourth-order valence-corrected chi connectivity index (χ4v) is 1.91. The van der Waals surface area contributed by atoms with Crippen LogP contribution in [0.2, 0.25) is 0 Å². The van der Waals surface area contributed by atoms with E-state index in [1.807, 2.05) is 20.8 Å². The maximum absolute atomic E-state index is 13.2. The fraction of sp³-hybridized carbons (Fsp3) is 0.533. The van der Waals surface area contributed by atoms with E-state index < -0.39 is 36.1 Å². The van der Waals surface area contributed by atoms with Gasteiger partial charge in [0.2, 0.25) is 0 Å². The minimum Gasteiger partial charge on any atom is -0.394 e. The predicted molar refractivity (Wildman–Crippen MR) is 76.7 cm³/mol. The van der Waals surface area contributed by atoms with Crippen molar-refractivity contribution in [1.29, 1.82) is 0 Å². The van der Waals surface area contributed by atoms with Crippen molar-refractivity contribution < 1.29 is 23.1 Å². The summed E-state index contributed by atoms with van der Waals surface area (Å²) < 4.78 is 39.4. The zero-order valence-corrected chi connectivity index (χ0v) is 12.8. The minimum absolute atomic E-state index is 0.0507. The highest BCUT2D eigenvalue weighted by Crippen LogP contribution is 2.19. The standard InChI is InChI=1S/C15H21F3N2O2/c1-4-8(2)9(3)19-15(22)20-13(7-21)10-5-11(16)14(18)12(17)6-10/h5-6,8-9,13,21H,4,7H2,1-3H3,(H2,19,20,22). The zero-order chi connectivity index (χ0) is 16.9. The fourth-order valence-electron chi connectivity index (χ4n) is 1.91. The van der Waals surface area contributed by atoms with E-state index >= 15 is 0 Å². The topological polar surface area (TPSA) is 61.4 Å². The molecule has 0 aliphatic carbocycles. The molecule has 1 aromatic carbocycles. The van der Waals surface area contributed by atoms with Crippen molar-refractivity contribution in [3.63, 3.8) is 0 Å². The van der Waals surface area contributed by atoms with Crippen LogP contribution < -0.4 is 10.6 Å². The lowest BCUT2D eigenvalue weighted by molar-refractivity contribution is 0.211. The Balaban J connectivity index is 2.79. The van der Waals surface area contributed by atoms with Crippen LogP contribution in [-0.2, 0) is 0 Å². The van der Waals surface area contributed by atoms with Gasteiger partial charge in [0.1, 0.15) is 0 Å². The molecule has 124 valence electrons. The molecule has 2 amide bonds. The summed E-state index contributed by atoms with van der Waals surface area (Å²) in [4.78, 5) is 11.9. The van der Waals surface area contributed by atoms with E-state index in [9.17, 15) is 23.1 Å². The number of hydrogen-bond acceptors (Lipinski definition) is 2. The minimum atomic E-state index is -1.59. The van der Waals surface area contributed by atoms with Crippen molar-refractivity contribution in [3.8, 4) is 0 Å². The van der Waals surface area contributed by atoms with Crippen LogP contribution >= 0.6 is 0 Å². The molecule has 22 heavy (non-hydrogen) atoms. The highest BCUT2D eigenvalue weighted by atomic mass is 19.2. The van der Waals surface area contributed by atoms with Gasteiger partial charge in [0.25, 0.3) is 0 Å². The number of carbonyl (C=O) groups is 1.